The Kier molecular flexibility index (Phi) is 3.31. The summed E-state index contributed by atoms with van der Waals surface area (Å²) in [4.78, 5) is 12.5. The Morgan fingerprint density at radius 2 is 2.00 bits per heavy atom. The fraction of sp³-hybridized carbons (Fsp3) is 0.562. The van der Waals surface area contributed by atoms with E-state index in [1.807, 2.05) is 31.2 Å². The van der Waals surface area contributed by atoms with Crippen LogP contribution >= 0.6 is 0 Å². The number of benzene rings is 1. The highest BCUT2D eigenvalue weighted by Gasteiger charge is 2.57. The molecule has 3 rings (SSSR count). The fourth-order valence-electron chi connectivity index (χ4n) is 3.28. The van der Waals surface area contributed by atoms with E-state index in [0.29, 0.717) is 17.8 Å². The molecule has 1 heterocycles. The Bertz CT molecular complexity index is 460. The van der Waals surface area contributed by atoms with E-state index in [2.05, 4.69) is 5.32 Å². The highest BCUT2D eigenvalue weighted by atomic mass is 16.5. The van der Waals surface area contributed by atoms with Crippen molar-refractivity contribution in [1.29, 1.82) is 0 Å². The van der Waals surface area contributed by atoms with Crippen molar-refractivity contribution in [2.24, 2.45) is 11.3 Å². The second-order valence-electron chi connectivity index (χ2n) is 5.69. The first-order valence-electron chi connectivity index (χ1n) is 7.23. The molecule has 3 heteroatoms. The molecule has 19 heavy (non-hydrogen) atoms. The highest BCUT2D eigenvalue weighted by molar-refractivity contribution is 6.00. The molecule has 0 amide bonds. The van der Waals surface area contributed by atoms with Crippen LogP contribution in [0, 0.1) is 11.3 Å². The SMILES string of the molecule is CCOc1ccc(C(=O)C2CC23CCNCC3)cc1. The average Bonchev–Trinajstić information content (AvgIpc) is 3.13. The Labute approximate surface area is 114 Å². The number of carbonyl (C=O) groups is 1. The molecular formula is C16H21NO2. The largest absolute Gasteiger partial charge is 0.494 e. The normalized spacial score (nSPS) is 24.2. The smallest absolute Gasteiger partial charge is 0.166 e. The van der Waals surface area contributed by atoms with E-state index in [-0.39, 0.29) is 5.92 Å². The minimum atomic E-state index is 0.257. The fourth-order valence-corrected chi connectivity index (χ4v) is 3.28. The molecule has 0 aromatic heterocycles. The van der Waals surface area contributed by atoms with Gasteiger partial charge < -0.3 is 10.1 Å². The average molecular weight is 259 g/mol. The van der Waals surface area contributed by atoms with Crippen molar-refractivity contribution in [2.45, 2.75) is 26.2 Å². The maximum Gasteiger partial charge on any atom is 0.166 e. The summed E-state index contributed by atoms with van der Waals surface area (Å²) in [6, 6.07) is 7.60. The minimum Gasteiger partial charge on any atom is -0.494 e. The second-order valence-corrected chi connectivity index (χ2v) is 5.69. The zero-order valence-corrected chi connectivity index (χ0v) is 11.4. The van der Waals surface area contributed by atoms with Crippen molar-refractivity contribution < 1.29 is 9.53 Å². The Morgan fingerprint density at radius 1 is 1.32 bits per heavy atom. The molecule has 1 spiro atoms. The Hall–Kier alpha value is -1.35. The van der Waals surface area contributed by atoms with Gasteiger partial charge in [0.25, 0.3) is 0 Å². The third kappa shape index (κ3) is 2.39. The molecule has 1 unspecified atom stereocenters. The highest BCUT2D eigenvalue weighted by Crippen LogP contribution is 2.59. The summed E-state index contributed by atoms with van der Waals surface area (Å²) in [7, 11) is 0. The molecule has 1 aliphatic carbocycles. The number of hydrogen-bond donors (Lipinski definition) is 1. The number of rotatable bonds is 4. The van der Waals surface area contributed by atoms with E-state index in [4.69, 9.17) is 4.74 Å². The van der Waals surface area contributed by atoms with Crippen LogP contribution in [-0.2, 0) is 0 Å². The lowest BCUT2D eigenvalue weighted by Gasteiger charge is -2.23. The van der Waals surface area contributed by atoms with Crippen LogP contribution in [-0.4, -0.2) is 25.5 Å². The van der Waals surface area contributed by atoms with Gasteiger partial charge in [-0.1, -0.05) is 0 Å². The monoisotopic (exact) mass is 259 g/mol. The van der Waals surface area contributed by atoms with Gasteiger partial charge in [-0.3, -0.25) is 4.79 Å². The molecule has 1 aromatic rings. The van der Waals surface area contributed by atoms with Crippen molar-refractivity contribution in [3.63, 3.8) is 0 Å². The van der Waals surface area contributed by atoms with E-state index >= 15 is 0 Å². The summed E-state index contributed by atoms with van der Waals surface area (Å²) in [6.07, 6.45) is 3.39. The first kappa shape index (κ1) is 12.7. The first-order chi connectivity index (χ1) is 9.25. The third-order valence-electron chi connectivity index (χ3n) is 4.56. The van der Waals surface area contributed by atoms with Crippen molar-refractivity contribution in [3.8, 4) is 5.75 Å². The molecule has 1 atom stereocenters. The van der Waals surface area contributed by atoms with Crippen LogP contribution < -0.4 is 10.1 Å². The van der Waals surface area contributed by atoms with Crippen LogP contribution in [0.3, 0.4) is 0 Å². The van der Waals surface area contributed by atoms with Crippen LogP contribution in [0.4, 0.5) is 0 Å². The predicted octanol–water partition coefficient (Wildman–Crippen LogP) is 2.66. The van der Waals surface area contributed by atoms with Gasteiger partial charge in [-0.2, -0.15) is 0 Å². The molecule has 1 saturated carbocycles. The summed E-state index contributed by atoms with van der Waals surface area (Å²) in [5.41, 5.74) is 1.16. The molecule has 1 N–H and O–H groups in total. The van der Waals surface area contributed by atoms with Gasteiger partial charge in [0.15, 0.2) is 5.78 Å². The van der Waals surface area contributed by atoms with Crippen LogP contribution in [0.2, 0.25) is 0 Å². The van der Waals surface area contributed by atoms with Crippen LogP contribution in [0.15, 0.2) is 24.3 Å². The maximum atomic E-state index is 12.5. The zero-order chi connectivity index (χ0) is 13.3. The molecule has 102 valence electrons. The second kappa shape index (κ2) is 4.97. The lowest BCUT2D eigenvalue weighted by molar-refractivity contribution is 0.0940. The van der Waals surface area contributed by atoms with Gasteiger partial charge in [0, 0.05) is 11.5 Å². The van der Waals surface area contributed by atoms with Crippen molar-refractivity contribution >= 4 is 5.78 Å². The third-order valence-corrected chi connectivity index (χ3v) is 4.56. The molecule has 2 aliphatic rings. The molecule has 3 nitrogen and oxygen atoms in total. The van der Waals surface area contributed by atoms with Gasteiger partial charge in [0.2, 0.25) is 0 Å². The lowest BCUT2D eigenvalue weighted by Crippen LogP contribution is -2.30. The van der Waals surface area contributed by atoms with Crippen molar-refractivity contribution in [2.75, 3.05) is 19.7 Å². The number of piperidine rings is 1. The van der Waals surface area contributed by atoms with Gasteiger partial charge in [-0.05, 0) is 69.0 Å². The zero-order valence-electron chi connectivity index (χ0n) is 11.4. The van der Waals surface area contributed by atoms with Crippen LogP contribution in [0.25, 0.3) is 0 Å². The summed E-state index contributed by atoms with van der Waals surface area (Å²) < 4.78 is 5.41. The Balaban J connectivity index is 1.68. The van der Waals surface area contributed by atoms with Crippen molar-refractivity contribution in [3.05, 3.63) is 29.8 Å². The maximum absolute atomic E-state index is 12.5. The predicted molar refractivity (Wildman–Crippen MR) is 74.6 cm³/mol. The molecule has 0 radical (unpaired) electrons. The topological polar surface area (TPSA) is 38.3 Å². The van der Waals surface area contributed by atoms with E-state index in [1.54, 1.807) is 0 Å². The summed E-state index contributed by atoms with van der Waals surface area (Å²) in [5.74, 6) is 1.42. The number of hydrogen-bond acceptors (Lipinski definition) is 3. The van der Waals surface area contributed by atoms with Crippen molar-refractivity contribution in [1.82, 2.24) is 5.32 Å². The number of ether oxygens (including phenoxy) is 1. The van der Waals surface area contributed by atoms with Gasteiger partial charge in [-0.15, -0.1) is 0 Å². The molecule has 1 saturated heterocycles. The number of Topliss-reactive ketones (excluding diaryl/α,β-unsaturated/α-hetero) is 1. The Morgan fingerprint density at radius 3 is 2.63 bits per heavy atom. The number of ketones is 1. The summed E-state index contributed by atoms with van der Waals surface area (Å²) in [6.45, 7) is 4.75. The quantitative estimate of drug-likeness (QED) is 0.845. The van der Waals surface area contributed by atoms with Gasteiger partial charge in [0.1, 0.15) is 5.75 Å². The van der Waals surface area contributed by atoms with Gasteiger partial charge in [0.05, 0.1) is 6.61 Å². The summed E-state index contributed by atoms with van der Waals surface area (Å²) >= 11 is 0. The molecule has 1 aromatic carbocycles. The number of nitrogens with one attached hydrogen (secondary N) is 1. The van der Waals surface area contributed by atoms with Crippen LogP contribution in [0.1, 0.15) is 36.5 Å². The first-order valence-corrected chi connectivity index (χ1v) is 7.23. The van der Waals surface area contributed by atoms with E-state index in [0.717, 1.165) is 43.7 Å². The molecule has 1 aliphatic heterocycles. The molecule has 2 fully saturated rings. The minimum absolute atomic E-state index is 0.257. The lowest BCUT2D eigenvalue weighted by atomic mass is 9.89. The van der Waals surface area contributed by atoms with Gasteiger partial charge >= 0.3 is 0 Å². The van der Waals surface area contributed by atoms with E-state index in [1.165, 1.54) is 0 Å². The van der Waals surface area contributed by atoms with E-state index in [9.17, 15) is 4.79 Å². The van der Waals surface area contributed by atoms with Gasteiger partial charge in [-0.25, -0.2) is 0 Å². The summed E-state index contributed by atoms with van der Waals surface area (Å²) in [5, 5.41) is 3.37. The molecular weight excluding hydrogens is 238 g/mol. The number of carbonyl (C=O) groups excluding carboxylic acids is 1. The van der Waals surface area contributed by atoms with E-state index < -0.39 is 0 Å². The standard InChI is InChI=1S/C16H21NO2/c1-2-19-13-5-3-12(4-6-13)15(18)14-11-16(14)7-9-17-10-8-16/h3-6,14,17H,2,7-11H2,1H3. The van der Waals surface area contributed by atoms with Crippen LogP contribution in [0.5, 0.6) is 5.75 Å². The molecule has 0 bridgehead atoms.